The minimum Gasteiger partial charge on any atom is -0.330 e. The molecule has 1 aromatic carbocycles. The molecule has 0 aliphatic heterocycles. The maximum Gasteiger partial charge on any atom is 0.150 e. The highest BCUT2D eigenvalue weighted by molar-refractivity contribution is 7.14. The third-order valence-corrected chi connectivity index (χ3v) is 3.43. The Hall–Kier alpha value is -1.33. The molecule has 1 aromatic heterocycles. The van der Waals surface area contributed by atoms with Crippen LogP contribution in [0.1, 0.15) is 17.0 Å². The predicted molar refractivity (Wildman–Crippen MR) is 67.4 cm³/mol. The maximum absolute atomic E-state index is 13.7. The van der Waals surface area contributed by atoms with Gasteiger partial charge in [-0.1, -0.05) is 17.4 Å². The first-order chi connectivity index (χ1) is 8.20. The van der Waals surface area contributed by atoms with E-state index in [2.05, 4.69) is 10.2 Å². The van der Waals surface area contributed by atoms with Crippen LogP contribution in [0.25, 0.3) is 10.6 Å². The number of nitrogens with two attached hydrogens (primary N) is 1. The lowest BCUT2D eigenvalue weighted by Crippen LogP contribution is -1.99. The molecule has 2 aromatic rings. The Bertz CT molecular complexity index is 510. The van der Waals surface area contributed by atoms with Crippen molar-refractivity contribution >= 4 is 11.3 Å². The fourth-order valence-corrected chi connectivity index (χ4v) is 2.42. The summed E-state index contributed by atoms with van der Waals surface area (Å²) in [5.41, 5.74) is 6.85. The van der Waals surface area contributed by atoms with E-state index in [9.17, 15) is 4.39 Å². The van der Waals surface area contributed by atoms with E-state index < -0.39 is 0 Å². The van der Waals surface area contributed by atoms with Crippen molar-refractivity contribution in [2.45, 2.75) is 19.8 Å². The fourth-order valence-electron chi connectivity index (χ4n) is 1.51. The molecule has 1 heterocycles. The molecule has 0 radical (unpaired) electrons. The highest BCUT2D eigenvalue weighted by Gasteiger charge is 2.10. The molecule has 0 fully saturated rings. The minimum absolute atomic E-state index is 0.244. The van der Waals surface area contributed by atoms with Gasteiger partial charge in [0.05, 0.1) is 0 Å². The molecule has 2 N–H and O–H groups in total. The topological polar surface area (TPSA) is 51.8 Å². The van der Waals surface area contributed by atoms with Crippen LogP contribution in [0, 0.1) is 12.7 Å². The van der Waals surface area contributed by atoms with Gasteiger partial charge in [0, 0.05) is 12.0 Å². The number of hydrogen-bond donors (Lipinski definition) is 1. The molecule has 0 aliphatic carbocycles. The zero-order valence-electron chi connectivity index (χ0n) is 9.61. The summed E-state index contributed by atoms with van der Waals surface area (Å²) in [6.45, 7) is 2.49. The molecule has 0 saturated carbocycles. The van der Waals surface area contributed by atoms with Crippen LogP contribution in [0.2, 0.25) is 0 Å². The van der Waals surface area contributed by atoms with Gasteiger partial charge in [-0.2, -0.15) is 0 Å². The van der Waals surface area contributed by atoms with Gasteiger partial charge in [-0.3, -0.25) is 0 Å². The van der Waals surface area contributed by atoms with Gasteiger partial charge in [-0.25, -0.2) is 4.39 Å². The maximum atomic E-state index is 13.7. The summed E-state index contributed by atoms with van der Waals surface area (Å²) in [5, 5.41) is 9.60. The molecule has 5 heteroatoms. The van der Waals surface area contributed by atoms with E-state index in [1.54, 1.807) is 6.07 Å². The Kier molecular flexibility index (Phi) is 3.81. The first kappa shape index (κ1) is 12.1. The van der Waals surface area contributed by atoms with E-state index in [-0.39, 0.29) is 5.82 Å². The number of rotatable bonds is 4. The summed E-state index contributed by atoms with van der Waals surface area (Å²) in [4.78, 5) is 0. The van der Waals surface area contributed by atoms with E-state index in [4.69, 9.17) is 5.73 Å². The van der Waals surface area contributed by atoms with Crippen molar-refractivity contribution in [2.75, 3.05) is 6.54 Å². The largest absolute Gasteiger partial charge is 0.330 e. The molecular formula is C12H14FN3S. The summed E-state index contributed by atoms with van der Waals surface area (Å²) in [7, 11) is 0. The van der Waals surface area contributed by atoms with Crippen molar-refractivity contribution < 1.29 is 4.39 Å². The van der Waals surface area contributed by atoms with Gasteiger partial charge in [-0.15, -0.1) is 10.2 Å². The van der Waals surface area contributed by atoms with Crippen LogP contribution in [0.15, 0.2) is 18.2 Å². The van der Waals surface area contributed by atoms with Crippen molar-refractivity contribution in [1.82, 2.24) is 10.2 Å². The molecule has 0 unspecified atom stereocenters. The SMILES string of the molecule is Cc1ccc(-c2nnc(CCCN)s2)c(F)c1. The van der Waals surface area contributed by atoms with Gasteiger partial charge in [0.2, 0.25) is 0 Å². The second-order valence-corrected chi connectivity index (χ2v) is 4.94. The normalized spacial score (nSPS) is 10.8. The van der Waals surface area contributed by atoms with Crippen LogP contribution in [0.3, 0.4) is 0 Å². The molecule has 3 nitrogen and oxygen atoms in total. The summed E-state index contributed by atoms with van der Waals surface area (Å²) in [6.07, 6.45) is 1.69. The Morgan fingerprint density at radius 1 is 1.35 bits per heavy atom. The van der Waals surface area contributed by atoms with Crippen LogP contribution in [-0.2, 0) is 6.42 Å². The second-order valence-electron chi connectivity index (χ2n) is 3.88. The number of aromatic nitrogens is 2. The lowest BCUT2D eigenvalue weighted by Gasteiger charge is -1.98. The highest BCUT2D eigenvalue weighted by atomic mass is 32.1. The molecule has 90 valence electrons. The minimum atomic E-state index is -0.244. The Labute approximate surface area is 104 Å². The first-order valence-electron chi connectivity index (χ1n) is 5.49. The average Bonchev–Trinajstić information content (AvgIpc) is 2.75. The zero-order chi connectivity index (χ0) is 12.3. The Morgan fingerprint density at radius 2 is 2.18 bits per heavy atom. The average molecular weight is 251 g/mol. The highest BCUT2D eigenvalue weighted by Crippen LogP contribution is 2.27. The third-order valence-electron chi connectivity index (χ3n) is 2.42. The number of nitrogens with zero attached hydrogens (tertiary/aromatic N) is 2. The van der Waals surface area contributed by atoms with Gasteiger partial charge in [0.1, 0.15) is 10.8 Å². The predicted octanol–water partition coefficient (Wildman–Crippen LogP) is 2.54. The molecule has 2 rings (SSSR count). The molecule has 0 amide bonds. The summed E-state index contributed by atoms with van der Waals surface area (Å²) in [5.74, 6) is -0.244. The number of hydrogen-bond acceptors (Lipinski definition) is 4. The van der Waals surface area contributed by atoms with E-state index >= 15 is 0 Å². The molecule has 0 spiro atoms. The second kappa shape index (κ2) is 5.33. The lowest BCUT2D eigenvalue weighted by molar-refractivity contribution is 0.630. The van der Waals surface area contributed by atoms with Crippen molar-refractivity contribution in [3.8, 4) is 10.6 Å². The van der Waals surface area contributed by atoms with Crippen molar-refractivity contribution in [1.29, 1.82) is 0 Å². The van der Waals surface area contributed by atoms with Gasteiger partial charge in [-0.05, 0) is 37.6 Å². The van der Waals surface area contributed by atoms with E-state index in [1.807, 2.05) is 13.0 Å². The third kappa shape index (κ3) is 2.87. The van der Waals surface area contributed by atoms with E-state index in [0.29, 0.717) is 17.1 Å². The molecule has 0 aliphatic rings. The van der Waals surface area contributed by atoms with Gasteiger partial charge < -0.3 is 5.73 Å². The fraction of sp³-hybridized carbons (Fsp3) is 0.333. The standard InChI is InChI=1S/C12H14FN3S/c1-8-4-5-9(10(13)7-8)12-16-15-11(17-12)3-2-6-14/h4-5,7H,2-3,6,14H2,1H3. The number of benzene rings is 1. The van der Waals surface area contributed by atoms with Gasteiger partial charge in [0.15, 0.2) is 5.01 Å². The van der Waals surface area contributed by atoms with Crippen LogP contribution in [-0.4, -0.2) is 16.7 Å². The summed E-state index contributed by atoms with van der Waals surface area (Å²) < 4.78 is 13.7. The zero-order valence-corrected chi connectivity index (χ0v) is 10.4. The van der Waals surface area contributed by atoms with Gasteiger partial charge in [0.25, 0.3) is 0 Å². The quantitative estimate of drug-likeness (QED) is 0.908. The van der Waals surface area contributed by atoms with Crippen LogP contribution in [0.4, 0.5) is 4.39 Å². The summed E-state index contributed by atoms with van der Waals surface area (Å²) in [6, 6.07) is 5.13. The van der Waals surface area contributed by atoms with Gasteiger partial charge >= 0.3 is 0 Å². The molecule has 17 heavy (non-hydrogen) atoms. The Balaban J connectivity index is 2.24. The smallest absolute Gasteiger partial charge is 0.150 e. The van der Waals surface area contributed by atoms with E-state index in [1.165, 1.54) is 17.4 Å². The monoisotopic (exact) mass is 251 g/mol. The summed E-state index contributed by atoms with van der Waals surface area (Å²) >= 11 is 1.43. The van der Waals surface area contributed by atoms with Crippen molar-refractivity contribution in [3.05, 3.63) is 34.6 Å². The van der Waals surface area contributed by atoms with Crippen molar-refractivity contribution in [2.24, 2.45) is 5.73 Å². The molecule has 0 saturated heterocycles. The number of aryl methyl sites for hydroxylation is 2. The lowest BCUT2D eigenvalue weighted by atomic mass is 10.1. The van der Waals surface area contributed by atoms with Crippen LogP contribution < -0.4 is 5.73 Å². The van der Waals surface area contributed by atoms with Crippen LogP contribution in [0.5, 0.6) is 0 Å². The van der Waals surface area contributed by atoms with Crippen LogP contribution >= 0.6 is 11.3 Å². The molecule has 0 atom stereocenters. The first-order valence-corrected chi connectivity index (χ1v) is 6.31. The Morgan fingerprint density at radius 3 is 2.88 bits per heavy atom. The van der Waals surface area contributed by atoms with E-state index in [0.717, 1.165) is 23.4 Å². The molecular weight excluding hydrogens is 237 g/mol. The molecule has 0 bridgehead atoms. The number of halogens is 1. The van der Waals surface area contributed by atoms with Crippen molar-refractivity contribution in [3.63, 3.8) is 0 Å².